The molecule has 0 spiro atoms. The summed E-state index contributed by atoms with van der Waals surface area (Å²) >= 11 is 0. The molecule has 1 saturated carbocycles. The summed E-state index contributed by atoms with van der Waals surface area (Å²) in [5.74, 6) is 0. The lowest BCUT2D eigenvalue weighted by atomic mass is 10.2. The van der Waals surface area contributed by atoms with Crippen molar-refractivity contribution in [2.45, 2.75) is 32.6 Å². The molecule has 0 aromatic rings. The normalized spacial score (nSPS) is 16.8. The van der Waals surface area contributed by atoms with E-state index in [-0.39, 0.29) is 0 Å². The van der Waals surface area contributed by atoms with Crippen LogP contribution < -0.4 is 0 Å². The van der Waals surface area contributed by atoms with Crippen LogP contribution >= 0.6 is 0 Å². The smallest absolute Gasteiger partial charge is 0.0199 e. The summed E-state index contributed by atoms with van der Waals surface area (Å²) < 4.78 is 0. The van der Waals surface area contributed by atoms with Crippen molar-refractivity contribution in [2.24, 2.45) is 0 Å². The highest BCUT2D eigenvalue weighted by Gasteiger charge is 2.03. The summed E-state index contributed by atoms with van der Waals surface area (Å²) in [6, 6.07) is 0. The topological polar surface area (TPSA) is 0 Å². The summed E-state index contributed by atoms with van der Waals surface area (Å²) in [7, 11) is 0. The minimum absolute atomic E-state index is 1.25. The van der Waals surface area contributed by atoms with E-state index in [4.69, 9.17) is 0 Å². The van der Waals surface area contributed by atoms with Gasteiger partial charge in [0.1, 0.15) is 0 Å². The first-order valence-corrected chi connectivity index (χ1v) is 3.57. The van der Waals surface area contributed by atoms with Crippen LogP contribution in [-0.2, 0) is 0 Å². The van der Waals surface area contributed by atoms with Crippen LogP contribution in [0.2, 0.25) is 0 Å². The van der Waals surface area contributed by atoms with Crippen LogP contribution in [0, 0.1) is 0 Å². The Morgan fingerprint density at radius 1 is 1.33 bits per heavy atom. The van der Waals surface area contributed by atoms with Gasteiger partial charge in [-0.05, 0) is 44.3 Å². The van der Waals surface area contributed by atoms with Crippen molar-refractivity contribution in [1.82, 2.24) is 0 Å². The van der Waals surface area contributed by atoms with Gasteiger partial charge in [-0.15, -0.1) is 0 Å². The number of allylic oxidation sites excluding steroid dienone is 2. The van der Waals surface area contributed by atoms with Gasteiger partial charge in [-0.2, -0.15) is 0 Å². The van der Waals surface area contributed by atoms with Gasteiger partial charge in [0.15, 0.2) is 0 Å². The van der Waals surface area contributed by atoms with E-state index in [1.54, 1.807) is 0 Å². The molecule has 0 bridgehead atoms. The highest BCUT2D eigenvalue weighted by Crippen LogP contribution is 2.21. The molecule has 0 N–H and O–H groups in total. The quantitative estimate of drug-likeness (QED) is 0.431. The Morgan fingerprint density at radius 2 is 2.00 bits per heavy atom. The van der Waals surface area contributed by atoms with Gasteiger partial charge in [0.05, 0.1) is 0 Å². The first kappa shape index (κ1) is 6.42. The minimum atomic E-state index is 1.25. The lowest BCUT2D eigenvalue weighted by Gasteiger charge is -1.80. The van der Waals surface area contributed by atoms with Crippen molar-refractivity contribution in [3.63, 3.8) is 0 Å². The molecule has 0 unspecified atom stereocenters. The second-order valence-corrected chi connectivity index (χ2v) is 2.37. The molecule has 0 aromatic carbocycles. The Morgan fingerprint density at radius 3 is 2.56 bits per heavy atom. The van der Waals surface area contributed by atoms with E-state index in [1.165, 1.54) is 31.3 Å². The average Bonchev–Trinajstić information content (AvgIpc) is 2.34. The van der Waals surface area contributed by atoms with Crippen molar-refractivity contribution in [3.8, 4) is 0 Å². The van der Waals surface area contributed by atoms with Crippen molar-refractivity contribution in [3.05, 3.63) is 23.1 Å². The maximum absolute atomic E-state index is 3.14. The molecule has 0 radical (unpaired) electrons. The lowest BCUT2D eigenvalue weighted by Crippen LogP contribution is -1.62. The molecule has 48 valence electrons. The van der Waals surface area contributed by atoms with Gasteiger partial charge in [-0.25, -0.2) is 0 Å². The molecule has 0 amide bonds. The molecule has 9 heavy (non-hydrogen) atoms. The first-order chi connectivity index (χ1) is 4.43. The number of rotatable bonds is 0. The zero-order chi connectivity index (χ0) is 6.53. The van der Waals surface area contributed by atoms with Gasteiger partial charge < -0.3 is 0 Å². The fourth-order valence-corrected chi connectivity index (χ4v) is 1.10. The standard InChI is InChI=1S/C9H12/c1-2-3-6-9-7-4-5-8-9/h2H,4-5,7-8H2,1H3. The van der Waals surface area contributed by atoms with E-state index in [1.807, 2.05) is 13.0 Å². The van der Waals surface area contributed by atoms with Gasteiger partial charge in [0.2, 0.25) is 0 Å². The average molecular weight is 120 g/mol. The summed E-state index contributed by atoms with van der Waals surface area (Å²) in [5.41, 5.74) is 7.57. The van der Waals surface area contributed by atoms with Crippen molar-refractivity contribution < 1.29 is 0 Å². The number of hydrogen-bond donors (Lipinski definition) is 0. The van der Waals surface area contributed by atoms with Crippen molar-refractivity contribution >= 4 is 0 Å². The maximum Gasteiger partial charge on any atom is -0.0199 e. The van der Waals surface area contributed by atoms with E-state index in [0.29, 0.717) is 0 Å². The molecule has 0 heterocycles. The van der Waals surface area contributed by atoms with Gasteiger partial charge in [-0.1, -0.05) is 11.5 Å². The van der Waals surface area contributed by atoms with Gasteiger partial charge in [0, 0.05) is 0 Å². The molecule has 0 heteroatoms. The predicted octanol–water partition coefficient (Wildman–Crippen LogP) is 2.82. The van der Waals surface area contributed by atoms with Gasteiger partial charge >= 0.3 is 0 Å². The largest absolute Gasteiger partial charge is 0.0750 e. The highest BCUT2D eigenvalue weighted by atomic mass is 14.1. The molecule has 1 aliphatic carbocycles. The van der Waals surface area contributed by atoms with Crippen LogP contribution in [0.15, 0.2) is 23.1 Å². The summed E-state index contributed by atoms with van der Waals surface area (Å²) in [5, 5.41) is 0. The Hall–Kier alpha value is -0.700. The highest BCUT2D eigenvalue weighted by molar-refractivity contribution is 5.04. The van der Waals surface area contributed by atoms with E-state index in [0.717, 1.165) is 0 Å². The number of hydrogen-bond acceptors (Lipinski definition) is 0. The Bertz CT molecular complexity index is 166. The maximum atomic E-state index is 3.14. The van der Waals surface area contributed by atoms with Crippen molar-refractivity contribution in [1.29, 1.82) is 0 Å². The van der Waals surface area contributed by atoms with Crippen molar-refractivity contribution in [2.75, 3.05) is 0 Å². The zero-order valence-electron chi connectivity index (χ0n) is 5.91. The molecule has 0 aliphatic heterocycles. The van der Waals surface area contributed by atoms with Crippen LogP contribution in [0.3, 0.4) is 0 Å². The van der Waals surface area contributed by atoms with Crippen LogP contribution in [-0.4, -0.2) is 0 Å². The molecule has 1 rings (SSSR count). The summed E-state index contributed by atoms with van der Waals surface area (Å²) in [6.07, 6.45) is 7.12. The minimum Gasteiger partial charge on any atom is -0.0750 e. The van der Waals surface area contributed by atoms with Gasteiger partial charge in [0.25, 0.3) is 0 Å². The molecular formula is C9H12. The van der Waals surface area contributed by atoms with Gasteiger partial charge in [-0.3, -0.25) is 0 Å². The Balaban J connectivity index is 2.70. The fourth-order valence-electron chi connectivity index (χ4n) is 1.10. The second-order valence-electron chi connectivity index (χ2n) is 2.37. The third-order valence-electron chi connectivity index (χ3n) is 1.60. The molecule has 0 saturated heterocycles. The Labute approximate surface area is 56.6 Å². The third-order valence-corrected chi connectivity index (χ3v) is 1.60. The fraction of sp³-hybridized carbons (Fsp3) is 0.556. The van der Waals surface area contributed by atoms with Crippen LogP contribution in [0.5, 0.6) is 0 Å². The molecule has 1 fully saturated rings. The zero-order valence-corrected chi connectivity index (χ0v) is 5.91. The summed E-state index contributed by atoms with van der Waals surface area (Å²) in [4.78, 5) is 0. The molecular weight excluding hydrogens is 108 g/mol. The third kappa shape index (κ3) is 1.93. The summed E-state index contributed by atoms with van der Waals surface area (Å²) in [6.45, 7) is 1.97. The lowest BCUT2D eigenvalue weighted by molar-refractivity contribution is 0.886. The van der Waals surface area contributed by atoms with Crippen LogP contribution in [0.1, 0.15) is 32.6 Å². The molecule has 0 aromatic heterocycles. The van der Waals surface area contributed by atoms with E-state index in [2.05, 4.69) is 11.5 Å². The monoisotopic (exact) mass is 120 g/mol. The molecule has 1 aliphatic rings. The molecule has 0 nitrogen and oxygen atoms in total. The van der Waals surface area contributed by atoms with Crippen LogP contribution in [0.25, 0.3) is 0 Å². The molecule has 0 atom stereocenters. The predicted molar refractivity (Wildman–Crippen MR) is 39.3 cm³/mol. The second kappa shape index (κ2) is 3.35. The van der Waals surface area contributed by atoms with Crippen LogP contribution in [0.4, 0.5) is 0 Å². The van der Waals surface area contributed by atoms with E-state index >= 15 is 0 Å². The Kier molecular flexibility index (Phi) is 2.39. The van der Waals surface area contributed by atoms with E-state index in [9.17, 15) is 0 Å². The first-order valence-electron chi connectivity index (χ1n) is 3.57. The van der Waals surface area contributed by atoms with E-state index < -0.39 is 0 Å². The SMILES string of the molecule is CC=C=C=C1CCCC1.